The normalized spacial score (nSPS) is 12.9. The van der Waals surface area contributed by atoms with Crippen LogP contribution in [0.15, 0.2) is 41.5 Å². The van der Waals surface area contributed by atoms with E-state index in [4.69, 9.17) is 0 Å². The number of hydrogen-bond acceptors (Lipinski definition) is 3. The van der Waals surface area contributed by atoms with Gasteiger partial charge in [0, 0.05) is 25.8 Å². The van der Waals surface area contributed by atoms with E-state index in [-0.39, 0.29) is 0 Å². The maximum Gasteiger partial charge on any atom is 0.191 e. The van der Waals surface area contributed by atoms with E-state index in [9.17, 15) is 0 Å². The van der Waals surface area contributed by atoms with Crippen LogP contribution in [-0.4, -0.2) is 59.9 Å². The molecule has 0 bridgehead atoms. The molecule has 0 fully saturated rings. The van der Waals surface area contributed by atoms with Crippen molar-refractivity contribution in [3.8, 4) is 5.69 Å². The van der Waals surface area contributed by atoms with Crippen LogP contribution >= 0.6 is 0 Å². The van der Waals surface area contributed by atoms with Crippen molar-refractivity contribution in [2.45, 2.75) is 59.4 Å². The van der Waals surface area contributed by atoms with Gasteiger partial charge in [0.2, 0.25) is 0 Å². The number of guanidine groups is 1. The van der Waals surface area contributed by atoms with E-state index in [1.165, 1.54) is 18.5 Å². The van der Waals surface area contributed by atoms with Gasteiger partial charge in [0.25, 0.3) is 0 Å². The predicted molar refractivity (Wildman–Crippen MR) is 128 cm³/mol. The molecule has 30 heavy (non-hydrogen) atoms. The maximum atomic E-state index is 4.66. The fourth-order valence-electron chi connectivity index (χ4n) is 3.60. The maximum absolute atomic E-state index is 4.66. The Morgan fingerprint density at radius 1 is 1.17 bits per heavy atom. The van der Waals surface area contributed by atoms with Crippen molar-refractivity contribution in [1.29, 1.82) is 0 Å². The van der Waals surface area contributed by atoms with Crippen LogP contribution < -0.4 is 10.6 Å². The number of benzene rings is 1. The molecule has 0 saturated carbocycles. The summed E-state index contributed by atoms with van der Waals surface area (Å²) < 4.78 is 1.97. The summed E-state index contributed by atoms with van der Waals surface area (Å²) in [5, 5.41) is 11.6. The van der Waals surface area contributed by atoms with Crippen LogP contribution in [-0.2, 0) is 6.42 Å². The molecule has 2 N–H and O–H groups in total. The Bertz CT molecular complexity index is 748. The third kappa shape index (κ3) is 7.82. The first-order valence-corrected chi connectivity index (χ1v) is 11.4. The predicted octanol–water partition coefficient (Wildman–Crippen LogP) is 3.79. The highest BCUT2D eigenvalue weighted by molar-refractivity contribution is 5.79. The minimum atomic E-state index is 0.415. The summed E-state index contributed by atoms with van der Waals surface area (Å²) in [5.74, 6) is 0.891. The first-order valence-electron chi connectivity index (χ1n) is 11.4. The number of nitrogens with one attached hydrogen (secondary N) is 2. The molecule has 6 nitrogen and oxygen atoms in total. The topological polar surface area (TPSA) is 57.5 Å². The summed E-state index contributed by atoms with van der Waals surface area (Å²) in [7, 11) is 1.84. The third-order valence-corrected chi connectivity index (χ3v) is 5.55. The molecule has 1 aromatic heterocycles. The number of nitrogens with zero attached hydrogens (tertiary/aromatic N) is 4. The van der Waals surface area contributed by atoms with Crippen LogP contribution in [0.25, 0.3) is 5.69 Å². The van der Waals surface area contributed by atoms with Gasteiger partial charge in [-0.15, -0.1) is 0 Å². The third-order valence-electron chi connectivity index (χ3n) is 5.55. The minimum Gasteiger partial charge on any atom is -0.356 e. The molecule has 6 heteroatoms. The monoisotopic (exact) mass is 412 g/mol. The Balaban J connectivity index is 1.70. The second kappa shape index (κ2) is 13.1. The van der Waals surface area contributed by atoms with Crippen LogP contribution in [0.1, 0.15) is 51.3 Å². The largest absolute Gasteiger partial charge is 0.356 e. The lowest BCUT2D eigenvalue weighted by Gasteiger charge is -2.21. The van der Waals surface area contributed by atoms with Gasteiger partial charge in [0.15, 0.2) is 5.96 Å². The van der Waals surface area contributed by atoms with Crippen molar-refractivity contribution in [3.05, 3.63) is 47.8 Å². The van der Waals surface area contributed by atoms with E-state index < -0.39 is 0 Å². The van der Waals surface area contributed by atoms with Gasteiger partial charge in [-0.25, -0.2) is 4.68 Å². The molecule has 1 unspecified atom stereocenters. The minimum absolute atomic E-state index is 0.415. The van der Waals surface area contributed by atoms with Crippen LogP contribution in [0.5, 0.6) is 0 Å². The quantitative estimate of drug-likeness (QED) is 0.316. The molecule has 1 aromatic carbocycles. The lowest BCUT2D eigenvalue weighted by atomic mass is 10.1. The molecular formula is C24H40N6. The first-order chi connectivity index (χ1) is 14.6. The van der Waals surface area contributed by atoms with Gasteiger partial charge in [-0.1, -0.05) is 32.0 Å². The number of rotatable bonds is 12. The highest BCUT2D eigenvalue weighted by Crippen LogP contribution is 2.13. The number of aryl methyl sites for hydroxylation is 2. The summed E-state index contributed by atoms with van der Waals surface area (Å²) in [5.41, 5.74) is 3.50. The van der Waals surface area contributed by atoms with Gasteiger partial charge in [0.05, 0.1) is 11.4 Å². The van der Waals surface area contributed by atoms with Crippen molar-refractivity contribution in [2.24, 2.45) is 4.99 Å². The van der Waals surface area contributed by atoms with Crippen molar-refractivity contribution in [2.75, 3.05) is 33.2 Å². The summed E-state index contributed by atoms with van der Waals surface area (Å²) in [6.07, 6.45) is 6.54. The molecule has 0 saturated heterocycles. The van der Waals surface area contributed by atoms with E-state index in [1.807, 2.05) is 29.9 Å². The van der Waals surface area contributed by atoms with Crippen molar-refractivity contribution >= 4 is 5.96 Å². The van der Waals surface area contributed by atoms with Gasteiger partial charge in [0.1, 0.15) is 0 Å². The number of aliphatic imine (C=N–C) groups is 1. The molecule has 1 heterocycles. The van der Waals surface area contributed by atoms with Crippen LogP contribution in [0, 0.1) is 6.92 Å². The first kappa shape index (κ1) is 23.9. The second-order valence-electron chi connectivity index (χ2n) is 7.84. The van der Waals surface area contributed by atoms with Crippen molar-refractivity contribution < 1.29 is 0 Å². The second-order valence-corrected chi connectivity index (χ2v) is 7.84. The van der Waals surface area contributed by atoms with Gasteiger partial charge in [-0.05, 0) is 76.9 Å². The Kier molecular flexibility index (Phi) is 10.4. The molecule has 0 spiro atoms. The summed E-state index contributed by atoms with van der Waals surface area (Å²) in [6.45, 7) is 13.1. The summed E-state index contributed by atoms with van der Waals surface area (Å²) in [4.78, 5) is 6.85. The van der Waals surface area contributed by atoms with E-state index in [2.05, 4.69) is 71.6 Å². The molecule has 1 atom stereocenters. The van der Waals surface area contributed by atoms with Gasteiger partial charge in [-0.2, -0.15) is 5.10 Å². The Labute approximate surface area is 182 Å². The van der Waals surface area contributed by atoms with Crippen LogP contribution in [0.3, 0.4) is 0 Å². The van der Waals surface area contributed by atoms with Crippen molar-refractivity contribution in [3.63, 3.8) is 0 Å². The van der Waals surface area contributed by atoms with Crippen molar-refractivity contribution in [1.82, 2.24) is 25.3 Å². The zero-order valence-electron chi connectivity index (χ0n) is 19.5. The average Bonchev–Trinajstić information content (AvgIpc) is 3.14. The van der Waals surface area contributed by atoms with E-state index in [0.29, 0.717) is 6.04 Å². The van der Waals surface area contributed by atoms with Gasteiger partial charge >= 0.3 is 0 Å². The fourth-order valence-corrected chi connectivity index (χ4v) is 3.60. The standard InChI is InChI=1S/C24H40N6/c1-6-29(7-2)18-12-13-20(3)27-24(25-5)26-17-11-14-22-19-30(28-21(22)4)23-15-9-8-10-16-23/h8-10,15-16,19-20H,6-7,11-14,17-18H2,1-5H3,(H2,25,26,27). The lowest BCUT2D eigenvalue weighted by molar-refractivity contribution is 0.292. The Morgan fingerprint density at radius 2 is 1.90 bits per heavy atom. The zero-order valence-corrected chi connectivity index (χ0v) is 19.5. The summed E-state index contributed by atoms with van der Waals surface area (Å²) >= 11 is 0. The Morgan fingerprint density at radius 3 is 2.57 bits per heavy atom. The number of para-hydroxylation sites is 1. The number of hydrogen-bond donors (Lipinski definition) is 2. The highest BCUT2D eigenvalue weighted by Gasteiger charge is 2.08. The Hall–Kier alpha value is -2.34. The van der Waals surface area contributed by atoms with Crippen LogP contribution in [0.2, 0.25) is 0 Å². The molecule has 0 aliphatic carbocycles. The number of aromatic nitrogens is 2. The molecule has 0 aliphatic rings. The highest BCUT2D eigenvalue weighted by atomic mass is 15.3. The lowest BCUT2D eigenvalue weighted by Crippen LogP contribution is -2.42. The van der Waals surface area contributed by atoms with E-state index in [0.717, 1.165) is 56.2 Å². The van der Waals surface area contributed by atoms with Gasteiger partial charge in [-0.3, -0.25) is 4.99 Å². The molecule has 0 amide bonds. The molecule has 2 aromatic rings. The van der Waals surface area contributed by atoms with Crippen LogP contribution in [0.4, 0.5) is 0 Å². The summed E-state index contributed by atoms with van der Waals surface area (Å²) in [6, 6.07) is 10.7. The molecule has 0 radical (unpaired) electrons. The molecule has 0 aliphatic heterocycles. The zero-order chi connectivity index (χ0) is 21.8. The fraction of sp³-hybridized carbons (Fsp3) is 0.583. The van der Waals surface area contributed by atoms with E-state index >= 15 is 0 Å². The van der Waals surface area contributed by atoms with Gasteiger partial charge < -0.3 is 15.5 Å². The molecular weight excluding hydrogens is 372 g/mol. The SMILES string of the molecule is CCN(CC)CCCC(C)NC(=NC)NCCCc1cn(-c2ccccc2)nc1C. The molecule has 2 rings (SSSR count). The molecule has 166 valence electrons. The average molecular weight is 413 g/mol. The smallest absolute Gasteiger partial charge is 0.191 e. The van der Waals surface area contributed by atoms with E-state index in [1.54, 1.807) is 0 Å².